The molecule has 1 aliphatic heterocycles. The van der Waals surface area contributed by atoms with E-state index in [1.54, 1.807) is 13.8 Å². The van der Waals surface area contributed by atoms with Gasteiger partial charge >= 0.3 is 12.3 Å². The number of nitro benzene ring substituents is 1. The number of nitrogens with zero attached hydrogens (tertiary/aromatic N) is 1. The van der Waals surface area contributed by atoms with Crippen molar-refractivity contribution in [1.29, 1.82) is 0 Å². The summed E-state index contributed by atoms with van der Waals surface area (Å²) in [6.07, 6.45) is -1.26. The van der Waals surface area contributed by atoms with Crippen molar-refractivity contribution >= 4 is 27.8 Å². The van der Waals surface area contributed by atoms with Crippen molar-refractivity contribution < 1.29 is 41.9 Å². The van der Waals surface area contributed by atoms with E-state index < -0.39 is 45.3 Å². The quantitative estimate of drug-likeness (QED) is 0.354. The number of hydrogen-bond donors (Lipinski definition) is 1. The Morgan fingerprint density at radius 2 is 1.72 bits per heavy atom. The molecule has 174 valence electrons. The number of non-ortho nitro benzene ring substituents is 1. The van der Waals surface area contributed by atoms with Crippen molar-refractivity contribution in [2.24, 2.45) is 0 Å². The minimum atomic E-state index is -3.36. The fourth-order valence-electron chi connectivity index (χ4n) is 2.88. The van der Waals surface area contributed by atoms with Gasteiger partial charge in [-0.1, -0.05) is 12.1 Å². The summed E-state index contributed by atoms with van der Waals surface area (Å²) in [7, 11) is -2.26. The first-order chi connectivity index (χ1) is 14.9. The molecular formula is C19H22N2O10S. The van der Waals surface area contributed by atoms with Gasteiger partial charge in [0.25, 0.3) is 5.69 Å². The molecular weight excluding hydrogens is 448 g/mol. The number of ether oxygens (including phenoxy) is 4. The van der Waals surface area contributed by atoms with Crippen molar-refractivity contribution in [2.45, 2.75) is 19.8 Å². The number of hydrogen-bond acceptors (Lipinski definition) is 11. The number of methoxy groups -OCH3 is 1. The average Bonchev–Trinajstić information content (AvgIpc) is 2.70. The van der Waals surface area contributed by atoms with E-state index in [9.17, 15) is 28.1 Å². The molecule has 1 aromatic carbocycles. The summed E-state index contributed by atoms with van der Waals surface area (Å²) < 4.78 is 42.3. The van der Waals surface area contributed by atoms with E-state index in [1.165, 1.54) is 24.3 Å². The molecule has 1 aromatic rings. The Morgan fingerprint density at radius 1 is 1.12 bits per heavy atom. The fraction of sp³-hybridized carbons (Fsp3) is 0.368. The summed E-state index contributed by atoms with van der Waals surface area (Å²) >= 11 is 0. The van der Waals surface area contributed by atoms with Crippen molar-refractivity contribution in [3.8, 4) is 0 Å². The molecule has 0 aliphatic carbocycles. The first kappa shape index (κ1) is 24.7. The average molecular weight is 470 g/mol. The molecule has 13 heteroatoms. The first-order valence-electron chi connectivity index (χ1n) is 9.14. The number of allylic oxidation sites excluding steroid dienone is 2. The highest BCUT2D eigenvalue weighted by atomic mass is 32.2. The zero-order valence-corrected chi connectivity index (χ0v) is 18.6. The van der Waals surface area contributed by atoms with Crippen LogP contribution in [0.2, 0.25) is 0 Å². The van der Waals surface area contributed by atoms with Crippen LogP contribution in [0.5, 0.6) is 0 Å². The molecule has 1 N–H and O–H groups in total. The highest BCUT2D eigenvalue weighted by Gasteiger charge is 2.36. The highest BCUT2D eigenvalue weighted by Crippen LogP contribution is 2.40. The van der Waals surface area contributed by atoms with Gasteiger partial charge in [0.1, 0.15) is 24.0 Å². The molecule has 1 heterocycles. The molecule has 0 spiro atoms. The van der Waals surface area contributed by atoms with Crippen LogP contribution < -0.4 is 5.32 Å². The minimum absolute atomic E-state index is 0.0121. The molecule has 0 bridgehead atoms. The van der Waals surface area contributed by atoms with E-state index in [1.807, 2.05) is 0 Å². The summed E-state index contributed by atoms with van der Waals surface area (Å²) in [6.45, 7) is 2.73. The third-order valence-electron chi connectivity index (χ3n) is 4.28. The predicted octanol–water partition coefficient (Wildman–Crippen LogP) is 2.73. The number of nitrogens with one attached hydrogen (secondary N) is 1. The summed E-state index contributed by atoms with van der Waals surface area (Å²) in [5.41, 5.74) is 0.777. The van der Waals surface area contributed by atoms with Gasteiger partial charge in [0, 0.05) is 18.4 Å². The largest absolute Gasteiger partial charge is 0.513 e. The van der Waals surface area contributed by atoms with Crippen LogP contribution in [0.1, 0.15) is 25.3 Å². The van der Waals surface area contributed by atoms with Gasteiger partial charge in [0.2, 0.25) is 0 Å². The zero-order chi connectivity index (χ0) is 24.1. The molecule has 1 unspecified atom stereocenters. The molecule has 0 saturated heterocycles. The molecule has 2 rings (SSSR count). The predicted molar refractivity (Wildman–Crippen MR) is 110 cm³/mol. The summed E-state index contributed by atoms with van der Waals surface area (Å²) in [4.78, 5) is 34.6. The van der Waals surface area contributed by atoms with Crippen LogP contribution in [0.3, 0.4) is 0 Å². The number of nitro groups is 1. The van der Waals surface area contributed by atoms with Gasteiger partial charge in [-0.3, -0.25) is 10.1 Å². The topological polar surface area (TPSA) is 160 Å². The van der Waals surface area contributed by atoms with Crippen LogP contribution in [0, 0.1) is 10.1 Å². The van der Waals surface area contributed by atoms with E-state index in [-0.39, 0.29) is 22.8 Å². The summed E-state index contributed by atoms with van der Waals surface area (Å²) in [5, 5.41) is 14.1. The second-order valence-corrected chi connectivity index (χ2v) is 9.03. The van der Waals surface area contributed by atoms with Gasteiger partial charge in [-0.05, 0) is 19.4 Å². The van der Waals surface area contributed by atoms with Crippen molar-refractivity contribution in [3.63, 3.8) is 0 Å². The Balaban J connectivity index is 2.44. The number of rotatable bonds is 7. The van der Waals surface area contributed by atoms with Crippen molar-refractivity contribution in [2.75, 3.05) is 25.7 Å². The fourth-order valence-corrected chi connectivity index (χ4v) is 3.26. The van der Waals surface area contributed by atoms with Crippen LogP contribution in [0.4, 0.5) is 15.3 Å². The van der Waals surface area contributed by atoms with Gasteiger partial charge in [0.15, 0.2) is 9.84 Å². The minimum Gasteiger partial charge on any atom is -0.437 e. The second kappa shape index (κ2) is 10.1. The zero-order valence-electron chi connectivity index (χ0n) is 17.7. The van der Waals surface area contributed by atoms with Crippen molar-refractivity contribution in [1.82, 2.24) is 5.32 Å². The Hall–Kier alpha value is -3.61. The first-order valence-corrected chi connectivity index (χ1v) is 11.2. The molecule has 32 heavy (non-hydrogen) atoms. The van der Waals surface area contributed by atoms with Gasteiger partial charge in [-0.2, -0.15) is 0 Å². The van der Waals surface area contributed by atoms with Crippen LogP contribution in [0.25, 0.3) is 0 Å². The van der Waals surface area contributed by atoms with Crippen LogP contribution in [-0.4, -0.2) is 51.4 Å². The van der Waals surface area contributed by atoms with Crippen LogP contribution >= 0.6 is 0 Å². The molecule has 1 aliphatic rings. The number of dihydropyridines is 1. The molecule has 1 atom stereocenters. The third kappa shape index (κ3) is 6.44. The van der Waals surface area contributed by atoms with E-state index in [0.717, 1.165) is 13.4 Å². The maximum absolute atomic E-state index is 12.2. The molecule has 0 amide bonds. The van der Waals surface area contributed by atoms with Gasteiger partial charge in [-0.15, -0.1) is 0 Å². The molecule has 0 saturated carbocycles. The molecule has 0 radical (unpaired) electrons. The van der Waals surface area contributed by atoms with E-state index in [2.05, 4.69) is 10.1 Å². The lowest BCUT2D eigenvalue weighted by atomic mass is 9.90. The maximum Gasteiger partial charge on any atom is 0.513 e. The maximum atomic E-state index is 12.2. The molecule has 0 fully saturated rings. The summed E-state index contributed by atoms with van der Waals surface area (Å²) in [5.74, 6) is -1.51. The Kier molecular flexibility index (Phi) is 7.81. The smallest absolute Gasteiger partial charge is 0.437 e. The van der Waals surface area contributed by atoms with Gasteiger partial charge in [0.05, 0.1) is 29.2 Å². The van der Waals surface area contributed by atoms with E-state index in [0.29, 0.717) is 11.4 Å². The normalized spacial score (nSPS) is 16.2. The number of carbonyl (C=O) groups is 2. The molecule has 0 aromatic heterocycles. The van der Waals surface area contributed by atoms with Crippen LogP contribution in [0.15, 0.2) is 47.2 Å². The lowest BCUT2D eigenvalue weighted by Gasteiger charge is -2.30. The monoisotopic (exact) mass is 470 g/mol. The Bertz CT molecular complexity index is 1090. The lowest BCUT2D eigenvalue weighted by molar-refractivity contribution is -0.384. The number of sulfone groups is 1. The lowest BCUT2D eigenvalue weighted by Crippen LogP contribution is -2.29. The third-order valence-corrected chi connectivity index (χ3v) is 5.19. The van der Waals surface area contributed by atoms with E-state index in [4.69, 9.17) is 14.2 Å². The van der Waals surface area contributed by atoms with Gasteiger partial charge < -0.3 is 24.3 Å². The number of carbonyl (C=O) groups excluding carboxylic acids is 2. The van der Waals surface area contributed by atoms with E-state index >= 15 is 0 Å². The van der Waals surface area contributed by atoms with Crippen LogP contribution in [-0.2, 0) is 28.8 Å². The summed E-state index contributed by atoms with van der Waals surface area (Å²) in [6, 6.07) is 5.48. The number of benzene rings is 1. The standard InChI is InChI=1S/C19H22N2O10S/c1-11-16(30-18(22)28-3)15(13-6-5-7-14(10-13)21(24)25)17(12(2)20-11)31-19(23)29-8-9-32(4,26)27/h5-7,10,15,20H,8-9H2,1-4H3. The second-order valence-electron chi connectivity index (χ2n) is 6.78. The Morgan fingerprint density at radius 3 is 2.25 bits per heavy atom. The Labute approximate surface area is 183 Å². The highest BCUT2D eigenvalue weighted by molar-refractivity contribution is 7.90. The SMILES string of the molecule is COC(=O)OC1=C(C)NC(C)=C(OC(=O)OCCS(C)(=O)=O)C1c1cccc([N+](=O)[O-])c1. The molecule has 12 nitrogen and oxygen atoms in total. The van der Waals surface area contributed by atoms with Crippen molar-refractivity contribution in [3.05, 3.63) is 62.9 Å². The van der Waals surface area contributed by atoms with Gasteiger partial charge in [-0.25, -0.2) is 18.0 Å².